The lowest BCUT2D eigenvalue weighted by Crippen LogP contribution is -2.60. The molecule has 0 aromatic carbocycles. The monoisotopic (exact) mass is 280 g/mol. The number of nitrogens with zero attached hydrogens (tertiary/aromatic N) is 1. The molecule has 0 aromatic heterocycles. The quantitative estimate of drug-likeness (QED) is 0.833. The van der Waals surface area contributed by atoms with Gasteiger partial charge in [-0.1, -0.05) is 0 Å². The van der Waals surface area contributed by atoms with Crippen LogP contribution in [0, 0.1) is 11.3 Å². The van der Waals surface area contributed by atoms with Crippen LogP contribution >= 0.6 is 0 Å². The van der Waals surface area contributed by atoms with Crippen LogP contribution in [0.25, 0.3) is 0 Å². The molecule has 112 valence electrons. The number of carbonyl (C=O) groups excluding carboxylic acids is 2. The van der Waals surface area contributed by atoms with Gasteiger partial charge in [0.05, 0.1) is 0 Å². The topological polar surface area (TPSA) is 58.6 Å². The Morgan fingerprint density at radius 2 is 1.90 bits per heavy atom. The normalized spacial score (nSPS) is 28.1. The van der Waals surface area contributed by atoms with Gasteiger partial charge in [-0.05, 0) is 43.9 Å². The fraction of sp³-hybridized carbons (Fsp3) is 0.867. The largest absolute Gasteiger partial charge is 0.375 e. The molecule has 0 aromatic rings. The molecule has 0 radical (unpaired) electrons. The summed E-state index contributed by atoms with van der Waals surface area (Å²) in [6.45, 7) is 1.87. The van der Waals surface area contributed by atoms with Crippen molar-refractivity contribution in [1.82, 2.24) is 10.2 Å². The number of hydrogen-bond donors (Lipinski definition) is 1. The number of piperidine rings is 1. The first-order valence-electron chi connectivity index (χ1n) is 7.72. The number of nitrogens with one attached hydrogen (secondary N) is 1. The van der Waals surface area contributed by atoms with Crippen molar-refractivity contribution in [3.63, 3.8) is 0 Å². The van der Waals surface area contributed by atoms with E-state index in [0.717, 1.165) is 45.2 Å². The summed E-state index contributed by atoms with van der Waals surface area (Å²) in [4.78, 5) is 25.7. The van der Waals surface area contributed by atoms with Crippen molar-refractivity contribution < 1.29 is 14.3 Å². The predicted octanol–water partition coefficient (Wildman–Crippen LogP) is 0.930. The molecule has 1 atom stereocenters. The molecular weight excluding hydrogens is 256 g/mol. The van der Waals surface area contributed by atoms with Crippen molar-refractivity contribution in [2.45, 2.75) is 44.6 Å². The average Bonchev–Trinajstić information content (AvgIpc) is 3.28. The Morgan fingerprint density at radius 1 is 1.20 bits per heavy atom. The van der Waals surface area contributed by atoms with Crippen molar-refractivity contribution in [1.29, 1.82) is 0 Å². The number of hydrogen-bond acceptors (Lipinski definition) is 3. The lowest BCUT2D eigenvalue weighted by atomic mass is 9.59. The smallest absolute Gasteiger partial charge is 0.246 e. The summed E-state index contributed by atoms with van der Waals surface area (Å²) in [5, 5.41) is 3.09. The Bertz CT molecular complexity index is 398. The zero-order valence-electron chi connectivity index (χ0n) is 12.2. The van der Waals surface area contributed by atoms with Crippen molar-refractivity contribution in [3.05, 3.63) is 0 Å². The lowest BCUT2D eigenvalue weighted by molar-refractivity contribution is -0.138. The van der Waals surface area contributed by atoms with E-state index in [1.54, 1.807) is 0 Å². The van der Waals surface area contributed by atoms with Gasteiger partial charge in [0.1, 0.15) is 6.61 Å². The molecule has 5 heteroatoms. The Hall–Kier alpha value is -1.10. The van der Waals surface area contributed by atoms with Gasteiger partial charge in [-0.15, -0.1) is 0 Å². The van der Waals surface area contributed by atoms with Crippen molar-refractivity contribution in [3.8, 4) is 0 Å². The number of carbonyl (C=O) groups is 2. The van der Waals surface area contributed by atoms with E-state index in [9.17, 15) is 9.59 Å². The standard InChI is InChI=1S/C15H24N2O3/c1-20-10-13(18)16-12-4-5-15(12)6-8-17(9-7-15)14(19)11-2-3-11/h11-12H,2-10H2,1H3,(H,16,18). The van der Waals surface area contributed by atoms with E-state index in [2.05, 4.69) is 5.32 Å². The Labute approximate surface area is 120 Å². The summed E-state index contributed by atoms with van der Waals surface area (Å²) < 4.78 is 4.87. The summed E-state index contributed by atoms with van der Waals surface area (Å²) in [5.74, 6) is 0.662. The maximum absolute atomic E-state index is 12.1. The molecule has 2 amide bonds. The first-order valence-corrected chi connectivity index (χ1v) is 7.72. The highest BCUT2D eigenvalue weighted by atomic mass is 16.5. The molecule has 1 saturated heterocycles. The van der Waals surface area contributed by atoms with E-state index < -0.39 is 0 Å². The second-order valence-electron chi connectivity index (χ2n) is 6.55. The second kappa shape index (κ2) is 5.35. The first kappa shape index (κ1) is 13.9. The highest BCUT2D eigenvalue weighted by Gasteiger charge is 2.49. The van der Waals surface area contributed by atoms with E-state index >= 15 is 0 Å². The van der Waals surface area contributed by atoms with Gasteiger partial charge in [-0.2, -0.15) is 0 Å². The molecule has 20 heavy (non-hydrogen) atoms. The summed E-state index contributed by atoms with van der Waals surface area (Å²) in [5.41, 5.74) is 0.240. The van der Waals surface area contributed by atoms with Crippen LogP contribution in [0.1, 0.15) is 38.5 Å². The van der Waals surface area contributed by atoms with E-state index in [4.69, 9.17) is 4.74 Å². The molecule has 3 rings (SSSR count). The minimum absolute atomic E-state index is 0.0203. The highest BCUT2D eigenvalue weighted by molar-refractivity contribution is 5.81. The summed E-state index contributed by atoms with van der Waals surface area (Å²) in [6, 6.07) is 0.281. The van der Waals surface area contributed by atoms with Crippen LogP contribution in [0.2, 0.25) is 0 Å². The molecule has 2 aliphatic carbocycles. The third-order valence-electron chi connectivity index (χ3n) is 5.28. The van der Waals surface area contributed by atoms with Gasteiger partial charge < -0.3 is 15.0 Å². The van der Waals surface area contributed by atoms with Crippen molar-refractivity contribution >= 4 is 11.8 Å². The molecule has 2 saturated carbocycles. The average molecular weight is 280 g/mol. The minimum atomic E-state index is -0.0203. The lowest BCUT2D eigenvalue weighted by Gasteiger charge is -2.54. The van der Waals surface area contributed by atoms with Crippen LogP contribution in [0.3, 0.4) is 0 Å². The maximum Gasteiger partial charge on any atom is 0.246 e. The molecule has 0 bridgehead atoms. The molecule has 1 unspecified atom stereocenters. The van der Waals surface area contributed by atoms with Gasteiger partial charge in [-0.3, -0.25) is 9.59 Å². The van der Waals surface area contributed by atoms with Gasteiger partial charge in [0, 0.05) is 32.2 Å². The van der Waals surface area contributed by atoms with Gasteiger partial charge in [-0.25, -0.2) is 0 Å². The number of ether oxygens (including phenoxy) is 1. The van der Waals surface area contributed by atoms with Crippen LogP contribution in [-0.4, -0.2) is 49.6 Å². The van der Waals surface area contributed by atoms with E-state index in [1.165, 1.54) is 13.5 Å². The zero-order chi connectivity index (χ0) is 14.2. The first-order chi connectivity index (χ1) is 9.64. The Morgan fingerprint density at radius 3 is 2.40 bits per heavy atom. The number of amides is 2. The third kappa shape index (κ3) is 2.55. The second-order valence-corrected chi connectivity index (χ2v) is 6.55. The molecule has 1 heterocycles. The maximum atomic E-state index is 12.1. The van der Waals surface area contributed by atoms with E-state index in [0.29, 0.717) is 11.8 Å². The van der Waals surface area contributed by atoms with Crippen LogP contribution in [0.4, 0.5) is 0 Å². The summed E-state index contributed by atoms with van der Waals surface area (Å²) in [7, 11) is 1.54. The molecular formula is C15H24N2O3. The van der Waals surface area contributed by atoms with Crippen LogP contribution < -0.4 is 5.32 Å². The summed E-state index contributed by atoms with van der Waals surface area (Å²) >= 11 is 0. The number of methoxy groups -OCH3 is 1. The SMILES string of the molecule is COCC(=O)NC1CCC12CCN(C(=O)C1CC1)CC2. The zero-order valence-corrected chi connectivity index (χ0v) is 12.2. The fourth-order valence-electron chi connectivity index (χ4n) is 3.65. The minimum Gasteiger partial charge on any atom is -0.375 e. The van der Waals surface area contributed by atoms with Gasteiger partial charge in [0.2, 0.25) is 11.8 Å². The number of rotatable bonds is 4. The number of likely N-dealkylation sites (tertiary alicyclic amines) is 1. The third-order valence-corrected chi connectivity index (χ3v) is 5.28. The van der Waals surface area contributed by atoms with Crippen molar-refractivity contribution in [2.75, 3.05) is 26.8 Å². The van der Waals surface area contributed by atoms with Gasteiger partial charge in [0.15, 0.2) is 0 Å². The summed E-state index contributed by atoms with van der Waals surface area (Å²) in [6.07, 6.45) is 6.46. The fourth-order valence-corrected chi connectivity index (χ4v) is 3.65. The van der Waals surface area contributed by atoms with Crippen LogP contribution in [0.15, 0.2) is 0 Å². The Kier molecular flexibility index (Phi) is 3.71. The molecule has 1 aliphatic heterocycles. The highest BCUT2D eigenvalue weighted by Crippen LogP contribution is 2.49. The van der Waals surface area contributed by atoms with Crippen molar-refractivity contribution in [2.24, 2.45) is 11.3 Å². The van der Waals surface area contributed by atoms with Crippen LogP contribution in [0.5, 0.6) is 0 Å². The Balaban J connectivity index is 1.51. The molecule has 3 aliphatic rings. The molecule has 3 fully saturated rings. The molecule has 5 nitrogen and oxygen atoms in total. The molecule has 1 N–H and O–H groups in total. The predicted molar refractivity (Wildman–Crippen MR) is 74.0 cm³/mol. The van der Waals surface area contributed by atoms with E-state index in [-0.39, 0.29) is 24.0 Å². The molecule has 1 spiro atoms. The van der Waals surface area contributed by atoms with Gasteiger partial charge in [0.25, 0.3) is 0 Å². The van der Waals surface area contributed by atoms with Crippen LogP contribution in [-0.2, 0) is 14.3 Å². The van der Waals surface area contributed by atoms with E-state index in [1.807, 2.05) is 4.90 Å². The van der Waals surface area contributed by atoms with Gasteiger partial charge >= 0.3 is 0 Å².